The summed E-state index contributed by atoms with van der Waals surface area (Å²) >= 11 is 4.93. The second-order valence-electron chi connectivity index (χ2n) is 4.43. The van der Waals surface area contributed by atoms with E-state index < -0.39 is 18.0 Å². The van der Waals surface area contributed by atoms with Gasteiger partial charge in [-0.1, -0.05) is 22.9 Å². The van der Waals surface area contributed by atoms with Gasteiger partial charge in [-0.3, -0.25) is 0 Å². The Balaban J connectivity index is 2.69. The minimum atomic E-state index is -1.02. The standard InChI is InChI=1S/C14H19BrN2O3S/c1-3-9-8-10(15)4-5-11(9)16-14(20)17-12(13(18)19)6-7-21-2/h4-5,8,12H,3,6-7H2,1-2H3,(H,18,19)(H2,16,17,20)/t12-/m0/s1. The number of carbonyl (C=O) groups is 2. The Labute approximate surface area is 137 Å². The van der Waals surface area contributed by atoms with E-state index in [-0.39, 0.29) is 0 Å². The van der Waals surface area contributed by atoms with Crippen LogP contribution in [-0.4, -0.2) is 35.2 Å². The van der Waals surface area contributed by atoms with Crippen molar-refractivity contribution in [1.82, 2.24) is 5.32 Å². The highest BCUT2D eigenvalue weighted by Crippen LogP contribution is 2.21. The average molecular weight is 375 g/mol. The third kappa shape index (κ3) is 5.97. The molecule has 0 saturated carbocycles. The molecule has 0 aromatic heterocycles. The molecule has 1 aromatic carbocycles. The van der Waals surface area contributed by atoms with Gasteiger partial charge in [0, 0.05) is 10.2 Å². The summed E-state index contributed by atoms with van der Waals surface area (Å²) in [6, 6.07) is 4.17. The molecule has 0 aliphatic carbocycles. The van der Waals surface area contributed by atoms with Gasteiger partial charge in [-0.15, -0.1) is 0 Å². The lowest BCUT2D eigenvalue weighted by atomic mass is 10.1. The Morgan fingerprint density at radius 1 is 1.43 bits per heavy atom. The maximum Gasteiger partial charge on any atom is 0.326 e. The van der Waals surface area contributed by atoms with Crippen LogP contribution in [0, 0.1) is 0 Å². The summed E-state index contributed by atoms with van der Waals surface area (Å²) in [6.45, 7) is 1.99. The van der Waals surface area contributed by atoms with Gasteiger partial charge < -0.3 is 15.7 Å². The highest BCUT2D eigenvalue weighted by molar-refractivity contribution is 9.10. The number of nitrogens with one attached hydrogen (secondary N) is 2. The molecule has 5 nitrogen and oxygen atoms in total. The number of urea groups is 1. The average Bonchev–Trinajstić information content (AvgIpc) is 2.44. The van der Waals surface area contributed by atoms with E-state index >= 15 is 0 Å². The smallest absolute Gasteiger partial charge is 0.326 e. The van der Waals surface area contributed by atoms with Gasteiger partial charge in [0.05, 0.1) is 0 Å². The molecule has 0 spiro atoms. The van der Waals surface area contributed by atoms with E-state index in [1.165, 1.54) is 0 Å². The predicted octanol–water partition coefficient (Wildman–Crippen LogP) is 3.34. The van der Waals surface area contributed by atoms with Crippen LogP contribution in [0.2, 0.25) is 0 Å². The van der Waals surface area contributed by atoms with E-state index in [1.807, 2.05) is 25.3 Å². The number of carbonyl (C=O) groups excluding carboxylic acids is 1. The van der Waals surface area contributed by atoms with Gasteiger partial charge in [0.15, 0.2) is 0 Å². The van der Waals surface area contributed by atoms with Crippen LogP contribution in [-0.2, 0) is 11.2 Å². The first kappa shape index (κ1) is 17.8. The monoisotopic (exact) mass is 374 g/mol. The molecule has 1 aromatic rings. The lowest BCUT2D eigenvalue weighted by Crippen LogP contribution is -2.43. The molecule has 116 valence electrons. The summed E-state index contributed by atoms with van der Waals surface area (Å²) in [4.78, 5) is 23.0. The van der Waals surface area contributed by atoms with Gasteiger partial charge >= 0.3 is 12.0 Å². The molecular formula is C14H19BrN2O3S. The molecule has 0 radical (unpaired) electrons. The van der Waals surface area contributed by atoms with Gasteiger partial charge in [0.2, 0.25) is 0 Å². The molecule has 0 heterocycles. The zero-order valence-corrected chi connectivity index (χ0v) is 14.4. The summed E-state index contributed by atoms with van der Waals surface area (Å²) in [6.07, 6.45) is 3.06. The molecule has 0 fully saturated rings. The number of rotatable bonds is 7. The van der Waals surface area contributed by atoms with Crippen molar-refractivity contribution in [3.8, 4) is 0 Å². The zero-order chi connectivity index (χ0) is 15.8. The van der Waals surface area contributed by atoms with Gasteiger partial charge in [0.1, 0.15) is 6.04 Å². The van der Waals surface area contributed by atoms with Crippen LogP contribution >= 0.6 is 27.7 Å². The number of halogens is 1. The van der Waals surface area contributed by atoms with E-state index in [2.05, 4.69) is 26.6 Å². The number of hydrogen-bond acceptors (Lipinski definition) is 3. The third-order valence-corrected chi connectivity index (χ3v) is 4.05. The topological polar surface area (TPSA) is 78.4 Å². The fourth-order valence-electron chi connectivity index (χ4n) is 1.79. The molecule has 0 unspecified atom stereocenters. The van der Waals surface area contributed by atoms with Crippen LogP contribution in [0.5, 0.6) is 0 Å². The van der Waals surface area contributed by atoms with Crippen molar-refractivity contribution in [2.75, 3.05) is 17.3 Å². The number of carboxylic acid groups (broad SMARTS) is 1. The van der Waals surface area contributed by atoms with E-state index in [0.717, 1.165) is 16.5 Å². The predicted molar refractivity (Wildman–Crippen MR) is 90.1 cm³/mol. The van der Waals surface area contributed by atoms with Crippen LogP contribution in [0.15, 0.2) is 22.7 Å². The van der Waals surface area contributed by atoms with E-state index in [1.54, 1.807) is 17.8 Å². The van der Waals surface area contributed by atoms with Crippen molar-refractivity contribution in [1.29, 1.82) is 0 Å². The number of thioether (sulfide) groups is 1. The highest BCUT2D eigenvalue weighted by atomic mass is 79.9. The number of hydrogen-bond donors (Lipinski definition) is 3. The number of aryl methyl sites for hydroxylation is 1. The van der Waals surface area contributed by atoms with Gasteiger partial charge in [-0.25, -0.2) is 9.59 Å². The van der Waals surface area contributed by atoms with Crippen molar-refractivity contribution >= 4 is 45.4 Å². The molecule has 3 N–H and O–H groups in total. The second-order valence-corrected chi connectivity index (χ2v) is 6.33. The number of carboxylic acids is 1. The highest BCUT2D eigenvalue weighted by Gasteiger charge is 2.19. The Hall–Kier alpha value is -1.21. The Bertz CT molecular complexity index is 511. The largest absolute Gasteiger partial charge is 0.480 e. The summed E-state index contributed by atoms with van der Waals surface area (Å²) in [5.74, 6) is -0.346. The third-order valence-electron chi connectivity index (χ3n) is 2.91. The number of aliphatic carboxylic acids is 1. The zero-order valence-electron chi connectivity index (χ0n) is 12.0. The molecule has 2 amide bonds. The molecule has 1 atom stereocenters. The van der Waals surface area contributed by atoms with Crippen LogP contribution in [0.1, 0.15) is 18.9 Å². The molecule has 0 saturated heterocycles. The Morgan fingerprint density at radius 2 is 2.14 bits per heavy atom. The molecule has 7 heteroatoms. The van der Waals surface area contributed by atoms with Gasteiger partial charge in [0.25, 0.3) is 0 Å². The quantitative estimate of drug-likeness (QED) is 0.683. The van der Waals surface area contributed by atoms with Crippen LogP contribution in [0.4, 0.5) is 10.5 Å². The summed E-state index contributed by atoms with van der Waals surface area (Å²) in [5, 5.41) is 14.3. The summed E-state index contributed by atoms with van der Waals surface area (Å²) < 4.78 is 0.939. The Kier molecular flexibility index (Phi) is 7.60. The molecule has 0 aliphatic heterocycles. The van der Waals surface area contributed by atoms with Crippen molar-refractivity contribution in [3.63, 3.8) is 0 Å². The number of anilines is 1. The molecular weight excluding hydrogens is 356 g/mol. The Morgan fingerprint density at radius 3 is 2.71 bits per heavy atom. The number of benzene rings is 1. The molecule has 21 heavy (non-hydrogen) atoms. The van der Waals surface area contributed by atoms with Crippen molar-refractivity contribution in [2.24, 2.45) is 0 Å². The summed E-state index contributed by atoms with van der Waals surface area (Å²) in [5.41, 5.74) is 1.67. The fraction of sp³-hybridized carbons (Fsp3) is 0.429. The molecule has 1 rings (SSSR count). The van der Waals surface area contributed by atoms with Crippen LogP contribution < -0.4 is 10.6 Å². The maximum absolute atomic E-state index is 11.9. The van der Waals surface area contributed by atoms with Crippen molar-refractivity contribution in [3.05, 3.63) is 28.2 Å². The second kappa shape index (κ2) is 8.94. The fourth-order valence-corrected chi connectivity index (χ4v) is 2.67. The van der Waals surface area contributed by atoms with Gasteiger partial charge in [-0.05, 0) is 48.6 Å². The first-order valence-corrected chi connectivity index (χ1v) is 8.74. The number of amides is 2. The van der Waals surface area contributed by atoms with E-state index in [0.29, 0.717) is 17.9 Å². The SMILES string of the molecule is CCc1cc(Br)ccc1NC(=O)N[C@@H](CCSC)C(=O)O. The minimum absolute atomic E-state index is 0.394. The minimum Gasteiger partial charge on any atom is -0.480 e. The van der Waals surface area contributed by atoms with Crippen LogP contribution in [0.3, 0.4) is 0 Å². The lowest BCUT2D eigenvalue weighted by molar-refractivity contribution is -0.139. The van der Waals surface area contributed by atoms with E-state index in [4.69, 9.17) is 5.11 Å². The van der Waals surface area contributed by atoms with Crippen molar-refractivity contribution < 1.29 is 14.7 Å². The molecule has 0 aliphatic rings. The normalized spacial score (nSPS) is 11.8. The molecule has 0 bridgehead atoms. The maximum atomic E-state index is 11.9. The van der Waals surface area contributed by atoms with E-state index in [9.17, 15) is 9.59 Å². The van der Waals surface area contributed by atoms with Crippen LogP contribution in [0.25, 0.3) is 0 Å². The summed E-state index contributed by atoms with van der Waals surface area (Å²) in [7, 11) is 0. The first-order chi connectivity index (χ1) is 9.97. The van der Waals surface area contributed by atoms with Crippen molar-refractivity contribution in [2.45, 2.75) is 25.8 Å². The first-order valence-electron chi connectivity index (χ1n) is 6.55. The lowest BCUT2D eigenvalue weighted by Gasteiger charge is -2.16. The van der Waals surface area contributed by atoms with Gasteiger partial charge in [-0.2, -0.15) is 11.8 Å².